The van der Waals surface area contributed by atoms with Crippen molar-refractivity contribution in [2.24, 2.45) is 7.05 Å². The van der Waals surface area contributed by atoms with Crippen molar-refractivity contribution in [1.82, 2.24) is 9.78 Å². The Labute approximate surface area is 117 Å². The van der Waals surface area contributed by atoms with E-state index in [-0.39, 0.29) is 0 Å². The number of hydrogen-bond donors (Lipinski definition) is 1. The van der Waals surface area contributed by atoms with Gasteiger partial charge in [-0.1, -0.05) is 0 Å². The number of hydrogen-bond acceptors (Lipinski definition) is 4. The highest BCUT2D eigenvalue weighted by molar-refractivity contribution is 7.79. The lowest BCUT2D eigenvalue weighted by molar-refractivity contribution is 0.297. The molecular weight excluding hydrogens is 260 g/mol. The van der Waals surface area contributed by atoms with Crippen LogP contribution in [0.5, 0.6) is 11.5 Å². The second-order valence-electron chi connectivity index (χ2n) is 4.51. The summed E-state index contributed by atoms with van der Waals surface area (Å²) in [6, 6.07) is 8.06. The van der Waals surface area contributed by atoms with E-state index in [4.69, 9.17) is 9.47 Å². The van der Waals surface area contributed by atoms with Gasteiger partial charge in [0.2, 0.25) is 0 Å². The van der Waals surface area contributed by atoms with Crippen LogP contribution in [0.15, 0.2) is 24.3 Å². The summed E-state index contributed by atoms with van der Waals surface area (Å²) in [5.41, 5.74) is 3.10. The predicted molar refractivity (Wildman–Crippen MR) is 76.9 cm³/mol. The van der Waals surface area contributed by atoms with Gasteiger partial charge in [0.1, 0.15) is 0 Å². The summed E-state index contributed by atoms with van der Waals surface area (Å²) in [6.45, 7) is 1.41. The number of aromatic nitrogens is 2. The summed E-state index contributed by atoms with van der Waals surface area (Å²) in [5.74, 6) is 2.26. The normalized spacial score (nSPS) is 14.2. The molecule has 1 aromatic heterocycles. The Morgan fingerprint density at radius 1 is 1.21 bits per heavy atom. The van der Waals surface area contributed by atoms with Crippen LogP contribution >= 0.6 is 12.6 Å². The Morgan fingerprint density at radius 3 is 2.74 bits per heavy atom. The molecule has 100 valence electrons. The van der Waals surface area contributed by atoms with Gasteiger partial charge in [-0.2, -0.15) is 17.7 Å². The molecule has 4 nitrogen and oxygen atoms in total. The summed E-state index contributed by atoms with van der Waals surface area (Å²) < 4.78 is 13.2. The largest absolute Gasteiger partial charge is 0.490 e. The molecule has 0 amide bonds. The zero-order chi connectivity index (χ0) is 13.2. The summed E-state index contributed by atoms with van der Waals surface area (Å²) in [6.07, 6.45) is 0.916. The monoisotopic (exact) mass is 276 g/mol. The van der Waals surface area contributed by atoms with Crippen LogP contribution in [-0.2, 0) is 12.8 Å². The number of nitrogens with zero attached hydrogens (tertiary/aromatic N) is 2. The first kappa shape index (κ1) is 12.4. The number of aryl methyl sites for hydroxylation is 1. The molecule has 0 atom stereocenters. The lowest BCUT2D eigenvalue weighted by Gasteiger charge is -2.09. The van der Waals surface area contributed by atoms with Crippen LogP contribution in [0.4, 0.5) is 0 Å². The molecule has 0 saturated carbocycles. The van der Waals surface area contributed by atoms with Gasteiger partial charge < -0.3 is 9.47 Å². The number of thiol groups is 1. The van der Waals surface area contributed by atoms with Crippen LogP contribution in [0.25, 0.3) is 11.3 Å². The Bertz CT molecular complexity index is 595. The van der Waals surface area contributed by atoms with E-state index in [0.29, 0.717) is 19.0 Å². The molecule has 0 N–H and O–H groups in total. The average molecular weight is 276 g/mol. The Hall–Kier alpha value is -1.62. The third-order valence-corrected chi connectivity index (χ3v) is 3.46. The summed E-state index contributed by atoms with van der Waals surface area (Å²) in [5, 5.41) is 4.40. The van der Waals surface area contributed by atoms with Gasteiger partial charge in [0.05, 0.1) is 24.6 Å². The van der Waals surface area contributed by atoms with Gasteiger partial charge >= 0.3 is 0 Å². The fourth-order valence-corrected chi connectivity index (χ4v) is 2.35. The third-order valence-electron chi connectivity index (χ3n) is 3.14. The zero-order valence-electron chi connectivity index (χ0n) is 10.8. The van der Waals surface area contributed by atoms with Crippen LogP contribution in [0, 0.1) is 0 Å². The highest BCUT2D eigenvalue weighted by Gasteiger charge is 2.13. The first-order valence-electron chi connectivity index (χ1n) is 6.32. The molecule has 0 radical (unpaired) electrons. The van der Waals surface area contributed by atoms with Gasteiger partial charge in [0.15, 0.2) is 11.5 Å². The molecular formula is C14H16N2O2S. The molecule has 0 unspecified atom stereocenters. The van der Waals surface area contributed by atoms with E-state index in [1.165, 1.54) is 0 Å². The Kier molecular flexibility index (Phi) is 3.38. The highest BCUT2D eigenvalue weighted by atomic mass is 32.1. The van der Waals surface area contributed by atoms with Gasteiger partial charge in [0.25, 0.3) is 0 Å². The van der Waals surface area contributed by atoms with E-state index in [0.717, 1.165) is 34.9 Å². The van der Waals surface area contributed by atoms with Gasteiger partial charge in [0, 0.05) is 24.8 Å². The van der Waals surface area contributed by atoms with Crippen LogP contribution < -0.4 is 9.47 Å². The molecule has 19 heavy (non-hydrogen) atoms. The van der Waals surface area contributed by atoms with Crippen molar-refractivity contribution in [2.75, 3.05) is 13.2 Å². The lowest BCUT2D eigenvalue weighted by atomic mass is 10.1. The van der Waals surface area contributed by atoms with Crippen molar-refractivity contribution in [2.45, 2.75) is 12.2 Å². The lowest BCUT2D eigenvalue weighted by Crippen LogP contribution is -1.97. The molecule has 0 saturated heterocycles. The van der Waals surface area contributed by atoms with Crippen LogP contribution in [0.1, 0.15) is 12.1 Å². The maximum atomic E-state index is 5.71. The Balaban J connectivity index is 2.01. The van der Waals surface area contributed by atoms with E-state index in [2.05, 4.69) is 17.7 Å². The summed E-state index contributed by atoms with van der Waals surface area (Å²) in [4.78, 5) is 0. The maximum absolute atomic E-state index is 5.71. The second-order valence-corrected chi connectivity index (χ2v) is 4.83. The van der Waals surface area contributed by atoms with E-state index >= 15 is 0 Å². The highest BCUT2D eigenvalue weighted by Crippen LogP contribution is 2.34. The minimum atomic E-state index is 0.637. The molecule has 0 spiro atoms. The van der Waals surface area contributed by atoms with Crippen molar-refractivity contribution in [3.8, 4) is 22.8 Å². The van der Waals surface area contributed by atoms with Crippen LogP contribution in [0.3, 0.4) is 0 Å². The second kappa shape index (κ2) is 5.17. The molecule has 3 rings (SSSR count). The summed E-state index contributed by atoms with van der Waals surface area (Å²) in [7, 11) is 1.94. The molecule has 1 aliphatic rings. The SMILES string of the molecule is Cn1nc(CS)cc1-c1ccc2c(c1)OCCCO2. The number of rotatable bonds is 2. The fourth-order valence-electron chi connectivity index (χ4n) is 2.20. The van der Waals surface area contributed by atoms with Crippen molar-refractivity contribution in [3.05, 3.63) is 30.0 Å². The third kappa shape index (κ3) is 2.42. The number of fused-ring (bicyclic) bond motifs is 1. The maximum Gasteiger partial charge on any atom is 0.161 e. The molecule has 0 fully saturated rings. The molecule has 1 aliphatic heterocycles. The number of ether oxygens (including phenoxy) is 2. The van der Waals surface area contributed by atoms with Gasteiger partial charge in [-0.15, -0.1) is 0 Å². The van der Waals surface area contributed by atoms with Crippen molar-refractivity contribution >= 4 is 12.6 Å². The average Bonchev–Trinajstić information content (AvgIpc) is 2.66. The standard InChI is InChI=1S/C14H16N2O2S/c1-16-12(8-11(9-19)15-16)10-3-4-13-14(7-10)18-6-2-5-17-13/h3-4,7-8,19H,2,5-6,9H2,1H3. The Morgan fingerprint density at radius 2 is 2.00 bits per heavy atom. The van der Waals surface area contributed by atoms with Gasteiger partial charge in [-0.25, -0.2) is 0 Å². The zero-order valence-corrected chi connectivity index (χ0v) is 11.7. The van der Waals surface area contributed by atoms with Gasteiger partial charge in [-0.05, 0) is 24.3 Å². The van der Waals surface area contributed by atoms with Crippen molar-refractivity contribution in [1.29, 1.82) is 0 Å². The first-order chi connectivity index (χ1) is 9.28. The topological polar surface area (TPSA) is 36.3 Å². The quantitative estimate of drug-likeness (QED) is 0.857. The van der Waals surface area contributed by atoms with Gasteiger partial charge in [-0.3, -0.25) is 4.68 Å². The molecule has 5 heteroatoms. The summed E-state index contributed by atoms with van der Waals surface area (Å²) >= 11 is 4.26. The van der Waals surface area contributed by atoms with E-state index in [1.54, 1.807) is 0 Å². The van der Waals surface area contributed by atoms with E-state index in [1.807, 2.05) is 36.0 Å². The van der Waals surface area contributed by atoms with Crippen molar-refractivity contribution < 1.29 is 9.47 Å². The number of benzene rings is 1. The molecule has 0 aliphatic carbocycles. The van der Waals surface area contributed by atoms with E-state index < -0.39 is 0 Å². The molecule has 2 aromatic rings. The minimum Gasteiger partial charge on any atom is -0.490 e. The fraction of sp³-hybridized carbons (Fsp3) is 0.357. The smallest absolute Gasteiger partial charge is 0.161 e. The molecule has 2 heterocycles. The van der Waals surface area contributed by atoms with E-state index in [9.17, 15) is 0 Å². The minimum absolute atomic E-state index is 0.637. The first-order valence-corrected chi connectivity index (χ1v) is 6.95. The molecule has 0 bridgehead atoms. The van der Waals surface area contributed by atoms with Crippen LogP contribution in [-0.4, -0.2) is 23.0 Å². The predicted octanol–water partition coefficient (Wildman–Crippen LogP) is 2.68. The van der Waals surface area contributed by atoms with Crippen LogP contribution in [0.2, 0.25) is 0 Å². The van der Waals surface area contributed by atoms with Crippen molar-refractivity contribution in [3.63, 3.8) is 0 Å². The molecule has 1 aromatic carbocycles.